The van der Waals surface area contributed by atoms with Crippen molar-refractivity contribution in [2.45, 2.75) is 51.7 Å². The minimum atomic E-state index is 0.545. The molecule has 1 aromatic heterocycles. The van der Waals surface area contributed by atoms with Gasteiger partial charge < -0.3 is 5.32 Å². The van der Waals surface area contributed by atoms with E-state index in [9.17, 15) is 0 Å². The Kier molecular flexibility index (Phi) is 4.66. The molecule has 2 heterocycles. The molecular weight excluding hydrogens is 228 g/mol. The van der Waals surface area contributed by atoms with Gasteiger partial charge in [-0.3, -0.25) is 4.90 Å². The van der Waals surface area contributed by atoms with Gasteiger partial charge in [-0.05, 0) is 24.6 Å². The zero-order chi connectivity index (χ0) is 13.0. The zero-order valence-electron chi connectivity index (χ0n) is 11.6. The first-order chi connectivity index (χ1) is 8.65. The fourth-order valence-electron chi connectivity index (χ4n) is 2.44. The summed E-state index contributed by atoms with van der Waals surface area (Å²) < 4.78 is 0. The van der Waals surface area contributed by atoms with Crippen LogP contribution in [0.15, 0.2) is 0 Å². The van der Waals surface area contributed by atoms with E-state index in [-0.39, 0.29) is 0 Å². The maximum absolute atomic E-state index is 4.27. The third kappa shape index (κ3) is 3.74. The van der Waals surface area contributed by atoms with E-state index in [1.165, 1.54) is 24.1 Å². The Morgan fingerprint density at radius 1 is 1.39 bits per heavy atom. The second kappa shape index (κ2) is 6.24. The van der Waals surface area contributed by atoms with E-state index in [1.807, 2.05) is 7.05 Å². The first-order valence-corrected chi connectivity index (χ1v) is 6.85. The van der Waals surface area contributed by atoms with Crippen LogP contribution in [0, 0.1) is 0 Å². The standard InChI is InChI=1S/C12H24N6/c1-10(2)13-8-11-6-4-5-7-18(11)9-12-14-16-17(3)15-12/h10-11,13H,4-9H2,1-3H3. The van der Waals surface area contributed by atoms with Crippen molar-refractivity contribution in [3.63, 3.8) is 0 Å². The van der Waals surface area contributed by atoms with Gasteiger partial charge in [-0.1, -0.05) is 20.3 Å². The summed E-state index contributed by atoms with van der Waals surface area (Å²) in [6, 6.07) is 1.15. The van der Waals surface area contributed by atoms with Gasteiger partial charge in [-0.15, -0.1) is 10.2 Å². The molecule has 0 aliphatic carbocycles. The second-order valence-corrected chi connectivity index (χ2v) is 5.38. The number of nitrogens with one attached hydrogen (secondary N) is 1. The number of piperidine rings is 1. The van der Waals surface area contributed by atoms with E-state index in [4.69, 9.17) is 0 Å². The molecule has 0 bridgehead atoms. The van der Waals surface area contributed by atoms with Gasteiger partial charge >= 0.3 is 0 Å². The van der Waals surface area contributed by atoms with E-state index in [0.717, 1.165) is 25.5 Å². The Bertz CT molecular complexity index is 361. The molecule has 18 heavy (non-hydrogen) atoms. The maximum Gasteiger partial charge on any atom is 0.188 e. The van der Waals surface area contributed by atoms with Crippen molar-refractivity contribution in [3.05, 3.63) is 5.82 Å². The molecule has 0 radical (unpaired) electrons. The fourth-order valence-corrected chi connectivity index (χ4v) is 2.44. The summed E-state index contributed by atoms with van der Waals surface area (Å²) in [6.45, 7) is 7.40. The molecular formula is C12H24N6. The third-order valence-corrected chi connectivity index (χ3v) is 3.41. The molecule has 6 nitrogen and oxygen atoms in total. The van der Waals surface area contributed by atoms with Crippen LogP contribution in [-0.4, -0.2) is 50.3 Å². The molecule has 0 amide bonds. The van der Waals surface area contributed by atoms with E-state index < -0.39 is 0 Å². The van der Waals surface area contributed by atoms with Crippen molar-refractivity contribution in [1.29, 1.82) is 0 Å². The molecule has 0 saturated carbocycles. The van der Waals surface area contributed by atoms with Crippen molar-refractivity contribution >= 4 is 0 Å². The number of tetrazole rings is 1. The maximum atomic E-state index is 4.27. The highest BCUT2D eigenvalue weighted by Crippen LogP contribution is 2.18. The van der Waals surface area contributed by atoms with Crippen LogP contribution in [0.25, 0.3) is 0 Å². The molecule has 2 rings (SSSR count). The average molecular weight is 252 g/mol. The van der Waals surface area contributed by atoms with E-state index in [0.29, 0.717) is 12.1 Å². The van der Waals surface area contributed by atoms with Crippen molar-refractivity contribution < 1.29 is 0 Å². The van der Waals surface area contributed by atoms with Gasteiger partial charge in [-0.25, -0.2) is 0 Å². The summed E-state index contributed by atoms with van der Waals surface area (Å²) in [4.78, 5) is 4.01. The zero-order valence-corrected chi connectivity index (χ0v) is 11.6. The van der Waals surface area contributed by atoms with Crippen LogP contribution in [0.5, 0.6) is 0 Å². The largest absolute Gasteiger partial charge is 0.313 e. The SMILES string of the molecule is CC(C)NCC1CCCCN1Cc1nnn(C)n1. The van der Waals surface area contributed by atoms with Crippen molar-refractivity contribution in [2.24, 2.45) is 7.05 Å². The first kappa shape index (κ1) is 13.4. The molecule has 0 spiro atoms. The predicted octanol–water partition coefficient (Wildman–Crippen LogP) is 0.563. The topological polar surface area (TPSA) is 58.9 Å². The van der Waals surface area contributed by atoms with E-state index in [1.54, 1.807) is 0 Å². The monoisotopic (exact) mass is 252 g/mol. The molecule has 1 aliphatic rings. The highest BCUT2D eigenvalue weighted by atomic mass is 15.6. The third-order valence-electron chi connectivity index (χ3n) is 3.41. The number of rotatable bonds is 5. The second-order valence-electron chi connectivity index (χ2n) is 5.38. The summed E-state index contributed by atoms with van der Waals surface area (Å²) in [5.41, 5.74) is 0. The van der Waals surface area contributed by atoms with Crippen LogP contribution in [-0.2, 0) is 13.6 Å². The number of hydrogen-bond donors (Lipinski definition) is 1. The van der Waals surface area contributed by atoms with Crippen molar-refractivity contribution in [2.75, 3.05) is 13.1 Å². The van der Waals surface area contributed by atoms with E-state index >= 15 is 0 Å². The molecule has 1 atom stereocenters. The highest BCUT2D eigenvalue weighted by Gasteiger charge is 2.23. The van der Waals surface area contributed by atoms with Crippen LogP contribution >= 0.6 is 0 Å². The fraction of sp³-hybridized carbons (Fsp3) is 0.917. The van der Waals surface area contributed by atoms with Crippen LogP contribution in [0.3, 0.4) is 0 Å². The Balaban J connectivity index is 1.90. The molecule has 0 aromatic carbocycles. The van der Waals surface area contributed by atoms with Crippen LogP contribution in [0.4, 0.5) is 0 Å². The van der Waals surface area contributed by atoms with E-state index in [2.05, 4.69) is 39.5 Å². The normalized spacial score (nSPS) is 21.7. The lowest BCUT2D eigenvalue weighted by Crippen LogP contribution is -2.46. The lowest BCUT2D eigenvalue weighted by Gasteiger charge is -2.35. The molecule has 1 saturated heterocycles. The first-order valence-electron chi connectivity index (χ1n) is 6.85. The molecule has 1 N–H and O–H groups in total. The van der Waals surface area contributed by atoms with Gasteiger partial charge in [-0.2, -0.15) is 4.80 Å². The van der Waals surface area contributed by atoms with Crippen LogP contribution in [0.2, 0.25) is 0 Å². The molecule has 102 valence electrons. The smallest absolute Gasteiger partial charge is 0.188 e. The van der Waals surface area contributed by atoms with Crippen LogP contribution in [0.1, 0.15) is 38.9 Å². The number of likely N-dealkylation sites (tertiary alicyclic amines) is 1. The van der Waals surface area contributed by atoms with Gasteiger partial charge in [0.1, 0.15) is 0 Å². The van der Waals surface area contributed by atoms with Gasteiger partial charge in [0, 0.05) is 18.6 Å². The van der Waals surface area contributed by atoms with Crippen molar-refractivity contribution in [1.82, 2.24) is 30.4 Å². The lowest BCUT2D eigenvalue weighted by molar-refractivity contribution is 0.132. The summed E-state index contributed by atoms with van der Waals surface area (Å²) in [5.74, 6) is 0.828. The molecule has 1 aromatic rings. The summed E-state index contributed by atoms with van der Waals surface area (Å²) in [5, 5.41) is 15.8. The Morgan fingerprint density at radius 2 is 2.22 bits per heavy atom. The minimum absolute atomic E-state index is 0.545. The average Bonchev–Trinajstić information content (AvgIpc) is 2.73. The lowest BCUT2D eigenvalue weighted by atomic mass is 10.0. The number of aryl methyl sites for hydroxylation is 1. The van der Waals surface area contributed by atoms with Crippen molar-refractivity contribution in [3.8, 4) is 0 Å². The summed E-state index contributed by atoms with van der Waals surface area (Å²) >= 11 is 0. The van der Waals surface area contributed by atoms with Gasteiger partial charge in [0.05, 0.1) is 13.6 Å². The Morgan fingerprint density at radius 3 is 2.89 bits per heavy atom. The quantitative estimate of drug-likeness (QED) is 0.830. The number of aromatic nitrogens is 4. The minimum Gasteiger partial charge on any atom is -0.313 e. The Hall–Kier alpha value is -1.01. The summed E-state index contributed by atoms with van der Waals surface area (Å²) in [6.07, 6.45) is 3.87. The molecule has 1 unspecified atom stereocenters. The Labute approximate surface area is 109 Å². The van der Waals surface area contributed by atoms with Gasteiger partial charge in [0.15, 0.2) is 5.82 Å². The number of nitrogens with zero attached hydrogens (tertiary/aromatic N) is 5. The molecule has 1 fully saturated rings. The van der Waals surface area contributed by atoms with Crippen LogP contribution < -0.4 is 5.32 Å². The predicted molar refractivity (Wildman–Crippen MR) is 70.0 cm³/mol. The number of hydrogen-bond acceptors (Lipinski definition) is 5. The highest BCUT2D eigenvalue weighted by molar-refractivity contribution is 4.85. The van der Waals surface area contributed by atoms with Gasteiger partial charge in [0.2, 0.25) is 0 Å². The van der Waals surface area contributed by atoms with Gasteiger partial charge in [0.25, 0.3) is 0 Å². The summed E-state index contributed by atoms with van der Waals surface area (Å²) in [7, 11) is 1.81. The molecule has 1 aliphatic heterocycles. The molecule has 6 heteroatoms.